The number of allylic oxidation sites excluding steroid dienone is 1. The molecule has 0 unspecified atom stereocenters. The fourth-order valence-corrected chi connectivity index (χ4v) is 4.90. The van der Waals surface area contributed by atoms with Crippen molar-refractivity contribution in [2.45, 2.75) is 26.8 Å². The highest BCUT2D eigenvalue weighted by atomic mass is 32.1. The molecule has 1 atom stereocenters. The Kier molecular flexibility index (Phi) is 6.07. The minimum Gasteiger partial charge on any atom is -0.463 e. The van der Waals surface area contributed by atoms with E-state index in [0.29, 0.717) is 20.6 Å². The molecule has 9 heteroatoms. The number of anilines is 1. The second-order valence-electron chi connectivity index (χ2n) is 8.10. The standard InChI is InChI=1S/C24H27N5O3S/c1-7-32-23(31)20-14(2)26-24-29(21(20)16-8-10-18(11-9-16)27(4)5)22(30)19(33-24)12-17-13-25-28(6)15(17)3/h8-13,21H,7H2,1-6H3/b19-12+/t21-/m0/s1. The molecule has 4 rings (SSSR count). The zero-order valence-electron chi connectivity index (χ0n) is 19.6. The van der Waals surface area contributed by atoms with Gasteiger partial charge in [0.2, 0.25) is 0 Å². The van der Waals surface area contributed by atoms with Crippen LogP contribution in [0, 0.1) is 6.92 Å². The van der Waals surface area contributed by atoms with Crippen molar-refractivity contribution in [1.29, 1.82) is 0 Å². The molecular weight excluding hydrogens is 438 g/mol. The van der Waals surface area contributed by atoms with Gasteiger partial charge in [0.05, 0.1) is 34.6 Å². The lowest BCUT2D eigenvalue weighted by Crippen LogP contribution is -2.40. The van der Waals surface area contributed by atoms with E-state index >= 15 is 0 Å². The van der Waals surface area contributed by atoms with E-state index in [9.17, 15) is 9.59 Å². The summed E-state index contributed by atoms with van der Waals surface area (Å²) in [7, 11) is 5.79. The number of nitrogens with zero attached hydrogens (tertiary/aromatic N) is 5. The molecule has 0 amide bonds. The topological polar surface area (TPSA) is 81.7 Å². The third kappa shape index (κ3) is 4.04. The predicted octanol–water partition coefficient (Wildman–Crippen LogP) is 1.91. The Balaban J connectivity index is 1.95. The van der Waals surface area contributed by atoms with Crippen LogP contribution in [-0.4, -0.2) is 41.0 Å². The highest BCUT2D eigenvalue weighted by molar-refractivity contribution is 7.07. The smallest absolute Gasteiger partial charge is 0.338 e. The SMILES string of the molecule is CCOC(=O)C1=C(C)N=c2s/c(=C/c3cnn(C)c3C)c(=O)n2[C@H]1c1ccc(N(C)C)cc1. The molecular formula is C24H27N5O3S. The first-order valence-corrected chi connectivity index (χ1v) is 11.5. The molecule has 8 nitrogen and oxygen atoms in total. The summed E-state index contributed by atoms with van der Waals surface area (Å²) in [4.78, 5) is 33.7. The van der Waals surface area contributed by atoms with Gasteiger partial charge in [-0.1, -0.05) is 23.5 Å². The van der Waals surface area contributed by atoms with Crippen molar-refractivity contribution in [2.75, 3.05) is 25.6 Å². The third-order valence-electron chi connectivity index (χ3n) is 5.80. The first kappa shape index (κ1) is 22.7. The van der Waals surface area contributed by atoms with E-state index in [2.05, 4.69) is 10.1 Å². The summed E-state index contributed by atoms with van der Waals surface area (Å²) in [6.07, 6.45) is 3.57. The van der Waals surface area contributed by atoms with Gasteiger partial charge in [0, 0.05) is 38.1 Å². The second kappa shape index (κ2) is 8.82. The summed E-state index contributed by atoms with van der Waals surface area (Å²) in [5, 5.41) is 4.26. The summed E-state index contributed by atoms with van der Waals surface area (Å²) in [6.45, 7) is 5.75. The Labute approximate surface area is 195 Å². The fraction of sp³-hybridized carbons (Fsp3) is 0.333. The van der Waals surface area contributed by atoms with Gasteiger partial charge in [0.15, 0.2) is 4.80 Å². The number of rotatable bonds is 5. The van der Waals surface area contributed by atoms with Gasteiger partial charge in [0.25, 0.3) is 5.56 Å². The molecule has 1 aromatic carbocycles. The Hall–Kier alpha value is -3.46. The van der Waals surface area contributed by atoms with Crippen LogP contribution in [0.15, 0.2) is 51.5 Å². The van der Waals surface area contributed by atoms with Crippen molar-refractivity contribution in [3.63, 3.8) is 0 Å². The lowest BCUT2D eigenvalue weighted by Gasteiger charge is -2.25. The average Bonchev–Trinajstić information content (AvgIpc) is 3.26. The number of aromatic nitrogens is 3. The van der Waals surface area contributed by atoms with E-state index in [4.69, 9.17) is 4.74 Å². The molecule has 2 aromatic heterocycles. The van der Waals surface area contributed by atoms with Gasteiger partial charge in [-0.3, -0.25) is 14.0 Å². The van der Waals surface area contributed by atoms with Crippen molar-refractivity contribution in [3.8, 4) is 0 Å². The second-order valence-corrected chi connectivity index (χ2v) is 9.11. The Morgan fingerprint density at radius 3 is 2.52 bits per heavy atom. The maximum absolute atomic E-state index is 13.6. The third-order valence-corrected chi connectivity index (χ3v) is 6.79. The van der Waals surface area contributed by atoms with Gasteiger partial charge in [0.1, 0.15) is 0 Å². The monoisotopic (exact) mass is 465 g/mol. The molecule has 0 N–H and O–H groups in total. The molecule has 3 aromatic rings. The number of esters is 1. The first-order chi connectivity index (χ1) is 15.7. The minimum atomic E-state index is -0.617. The first-order valence-electron chi connectivity index (χ1n) is 10.7. The van der Waals surface area contributed by atoms with Crippen LogP contribution in [0.5, 0.6) is 0 Å². The number of benzene rings is 1. The molecule has 0 fully saturated rings. The van der Waals surface area contributed by atoms with Crippen molar-refractivity contribution in [3.05, 3.63) is 78.2 Å². The van der Waals surface area contributed by atoms with Crippen molar-refractivity contribution >= 4 is 29.1 Å². The largest absolute Gasteiger partial charge is 0.463 e. The Morgan fingerprint density at radius 1 is 1.24 bits per heavy atom. The summed E-state index contributed by atoms with van der Waals surface area (Å²) in [5.41, 5.74) is 4.42. The van der Waals surface area contributed by atoms with Crippen molar-refractivity contribution in [1.82, 2.24) is 14.3 Å². The number of ether oxygens (including phenoxy) is 1. The highest BCUT2D eigenvalue weighted by Crippen LogP contribution is 2.31. The summed E-state index contributed by atoms with van der Waals surface area (Å²) in [5.74, 6) is -0.460. The molecule has 3 heterocycles. The Morgan fingerprint density at radius 2 is 1.94 bits per heavy atom. The molecule has 0 saturated heterocycles. The number of hydrogen-bond acceptors (Lipinski definition) is 7. The van der Waals surface area contributed by atoms with Crippen molar-refractivity contribution in [2.24, 2.45) is 12.0 Å². The molecule has 0 bridgehead atoms. The molecule has 1 aliphatic rings. The van der Waals surface area contributed by atoms with Gasteiger partial charge >= 0.3 is 5.97 Å². The summed E-state index contributed by atoms with van der Waals surface area (Å²) in [6, 6.07) is 7.22. The van der Waals surface area contributed by atoms with Gasteiger partial charge in [-0.05, 0) is 44.5 Å². The molecule has 172 valence electrons. The number of aryl methyl sites for hydroxylation is 1. The van der Waals surface area contributed by atoms with E-state index in [0.717, 1.165) is 22.5 Å². The van der Waals surface area contributed by atoms with E-state index in [1.165, 1.54) is 11.3 Å². The van der Waals surface area contributed by atoms with Gasteiger partial charge in [-0.25, -0.2) is 9.79 Å². The van der Waals surface area contributed by atoms with Crippen LogP contribution in [-0.2, 0) is 16.6 Å². The van der Waals surface area contributed by atoms with E-state index in [1.807, 2.05) is 63.3 Å². The normalized spacial score (nSPS) is 15.9. The number of fused-ring (bicyclic) bond motifs is 1. The quantitative estimate of drug-likeness (QED) is 0.538. The number of hydrogen-bond donors (Lipinski definition) is 0. The van der Waals surface area contributed by atoms with Crippen LogP contribution in [0.1, 0.15) is 36.7 Å². The van der Waals surface area contributed by atoms with E-state index in [-0.39, 0.29) is 12.2 Å². The van der Waals surface area contributed by atoms with Gasteiger partial charge in [-0.15, -0.1) is 0 Å². The van der Waals surface area contributed by atoms with Gasteiger partial charge < -0.3 is 9.64 Å². The zero-order valence-corrected chi connectivity index (χ0v) is 20.4. The van der Waals surface area contributed by atoms with Gasteiger partial charge in [-0.2, -0.15) is 5.10 Å². The predicted molar refractivity (Wildman–Crippen MR) is 129 cm³/mol. The highest BCUT2D eigenvalue weighted by Gasteiger charge is 2.33. The maximum Gasteiger partial charge on any atom is 0.338 e. The van der Waals surface area contributed by atoms with Crippen LogP contribution in [0.4, 0.5) is 5.69 Å². The van der Waals surface area contributed by atoms with E-state index in [1.54, 1.807) is 29.3 Å². The number of carbonyl (C=O) groups excluding carboxylic acids is 1. The van der Waals surface area contributed by atoms with Crippen LogP contribution in [0.3, 0.4) is 0 Å². The lowest BCUT2D eigenvalue weighted by atomic mass is 9.95. The molecule has 1 aliphatic heterocycles. The Bertz CT molecular complexity index is 1420. The molecule has 33 heavy (non-hydrogen) atoms. The number of thiazole rings is 1. The summed E-state index contributed by atoms with van der Waals surface area (Å²) < 4.78 is 9.25. The lowest BCUT2D eigenvalue weighted by molar-refractivity contribution is -0.139. The van der Waals surface area contributed by atoms with E-state index < -0.39 is 12.0 Å². The molecule has 0 saturated carbocycles. The van der Waals surface area contributed by atoms with Crippen LogP contribution < -0.4 is 19.8 Å². The fourth-order valence-electron chi connectivity index (χ4n) is 3.86. The molecule has 0 aliphatic carbocycles. The minimum absolute atomic E-state index is 0.196. The maximum atomic E-state index is 13.6. The average molecular weight is 466 g/mol. The molecule has 0 radical (unpaired) electrons. The van der Waals surface area contributed by atoms with Crippen molar-refractivity contribution < 1.29 is 9.53 Å². The van der Waals surface area contributed by atoms with Crippen LogP contribution >= 0.6 is 11.3 Å². The molecule has 0 spiro atoms. The number of carbonyl (C=O) groups is 1. The summed E-state index contributed by atoms with van der Waals surface area (Å²) >= 11 is 1.31. The zero-order chi connectivity index (χ0) is 23.9. The van der Waals surface area contributed by atoms with Crippen LogP contribution in [0.25, 0.3) is 6.08 Å². The van der Waals surface area contributed by atoms with Crippen LogP contribution in [0.2, 0.25) is 0 Å².